The van der Waals surface area contributed by atoms with Gasteiger partial charge in [-0.2, -0.15) is 0 Å². The van der Waals surface area contributed by atoms with E-state index in [1.54, 1.807) is 14.2 Å². The lowest BCUT2D eigenvalue weighted by Crippen LogP contribution is -2.38. The molecule has 1 atom stereocenters. The van der Waals surface area contributed by atoms with Crippen molar-refractivity contribution in [2.75, 3.05) is 33.9 Å². The molecule has 1 saturated heterocycles. The molecule has 6 nitrogen and oxygen atoms in total. The zero-order valence-electron chi connectivity index (χ0n) is 18.6. The Morgan fingerprint density at radius 2 is 2.09 bits per heavy atom. The summed E-state index contributed by atoms with van der Waals surface area (Å²) in [5, 5.41) is 5.14. The lowest BCUT2D eigenvalue weighted by molar-refractivity contribution is -0.0322. The minimum atomic E-state index is -0.137. The van der Waals surface area contributed by atoms with Crippen LogP contribution >= 0.6 is 11.3 Å². The van der Waals surface area contributed by atoms with Gasteiger partial charge in [0, 0.05) is 61.6 Å². The number of carbonyl (C=O) groups excluding carboxylic acids is 1. The van der Waals surface area contributed by atoms with Gasteiger partial charge in [-0.05, 0) is 29.1 Å². The quantitative estimate of drug-likeness (QED) is 0.493. The van der Waals surface area contributed by atoms with E-state index in [1.807, 2.05) is 18.2 Å². The van der Waals surface area contributed by atoms with E-state index in [2.05, 4.69) is 52.3 Å². The molecule has 1 N–H and O–H groups in total. The molecular formula is C25H27N3O3S. The second kappa shape index (κ2) is 8.58. The van der Waals surface area contributed by atoms with Crippen LogP contribution in [0.2, 0.25) is 0 Å². The molecule has 1 amide bonds. The smallest absolute Gasteiger partial charge is 0.261 e. The Morgan fingerprint density at radius 3 is 2.91 bits per heavy atom. The lowest BCUT2D eigenvalue weighted by atomic mass is 10.0. The van der Waals surface area contributed by atoms with Gasteiger partial charge in [0.15, 0.2) is 0 Å². The molecule has 1 aliphatic heterocycles. The summed E-state index contributed by atoms with van der Waals surface area (Å²) < 4.78 is 14.9. The summed E-state index contributed by atoms with van der Waals surface area (Å²) in [5.41, 5.74) is 3.46. The van der Waals surface area contributed by atoms with Crippen LogP contribution in [0.3, 0.4) is 0 Å². The monoisotopic (exact) mass is 449 g/mol. The van der Waals surface area contributed by atoms with Crippen LogP contribution in [0.5, 0.6) is 5.75 Å². The highest BCUT2D eigenvalue weighted by molar-refractivity contribution is 7.21. The van der Waals surface area contributed by atoms with Gasteiger partial charge < -0.3 is 19.4 Å². The predicted octanol–water partition coefficient (Wildman–Crippen LogP) is 4.33. The van der Waals surface area contributed by atoms with Crippen molar-refractivity contribution in [1.29, 1.82) is 0 Å². The van der Waals surface area contributed by atoms with E-state index in [-0.39, 0.29) is 12.0 Å². The van der Waals surface area contributed by atoms with E-state index in [1.165, 1.54) is 22.3 Å². The number of aryl methyl sites for hydroxylation is 1. The minimum absolute atomic E-state index is 0.0510. The molecule has 7 heteroatoms. The highest BCUT2D eigenvalue weighted by Crippen LogP contribution is 2.38. The van der Waals surface area contributed by atoms with Gasteiger partial charge in [0.05, 0.1) is 30.2 Å². The third-order valence-electron chi connectivity index (χ3n) is 6.21. The van der Waals surface area contributed by atoms with Gasteiger partial charge in [-0.3, -0.25) is 9.69 Å². The third-order valence-corrected chi connectivity index (χ3v) is 7.40. The van der Waals surface area contributed by atoms with Crippen LogP contribution in [0.4, 0.5) is 0 Å². The Hall–Kier alpha value is -2.87. The van der Waals surface area contributed by atoms with E-state index in [4.69, 9.17) is 9.47 Å². The number of aromatic nitrogens is 1. The van der Waals surface area contributed by atoms with Crippen molar-refractivity contribution in [1.82, 2.24) is 14.8 Å². The maximum Gasteiger partial charge on any atom is 0.261 e. The van der Waals surface area contributed by atoms with Crippen molar-refractivity contribution in [2.24, 2.45) is 7.05 Å². The lowest BCUT2D eigenvalue weighted by Gasteiger charge is -2.33. The number of rotatable bonds is 5. The second-order valence-electron chi connectivity index (χ2n) is 8.16. The SMILES string of the molecule is CNC(=O)c1sc2ccccc2c1[C@H]1CN(Cc2cn(C)c3cc(OC)ccc23)CCO1. The van der Waals surface area contributed by atoms with E-state index < -0.39 is 0 Å². The maximum absolute atomic E-state index is 12.6. The Kier molecular flexibility index (Phi) is 5.63. The first-order valence-electron chi connectivity index (χ1n) is 10.8. The van der Waals surface area contributed by atoms with Crippen LogP contribution < -0.4 is 10.1 Å². The van der Waals surface area contributed by atoms with Gasteiger partial charge in [-0.15, -0.1) is 11.3 Å². The molecule has 1 aliphatic rings. The van der Waals surface area contributed by atoms with Crippen LogP contribution in [-0.2, 0) is 18.3 Å². The molecule has 166 valence electrons. The number of morpholine rings is 1. The van der Waals surface area contributed by atoms with Gasteiger partial charge in [0.1, 0.15) is 5.75 Å². The van der Waals surface area contributed by atoms with E-state index >= 15 is 0 Å². The number of amides is 1. The number of nitrogens with one attached hydrogen (secondary N) is 1. The van der Waals surface area contributed by atoms with Crippen molar-refractivity contribution in [3.05, 3.63) is 64.7 Å². The van der Waals surface area contributed by atoms with Gasteiger partial charge in [0.25, 0.3) is 5.91 Å². The fourth-order valence-corrected chi connectivity index (χ4v) is 5.83. The number of methoxy groups -OCH3 is 1. The van der Waals surface area contributed by atoms with Crippen LogP contribution in [0, 0.1) is 0 Å². The fraction of sp³-hybridized carbons (Fsp3) is 0.320. The summed E-state index contributed by atoms with van der Waals surface area (Å²) in [7, 11) is 5.45. The molecule has 0 saturated carbocycles. The summed E-state index contributed by atoms with van der Waals surface area (Å²) in [4.78, 5) is 15.8. The second-order valence-corrected chi connectivity index (χ2v) is 9.22. The van der Waals surface area contributed by atoms with Crippen molar-refractivity contribution in [3.63, 3.8) is 0 Å². The molecule has 1 fully saturated rings. The van der Waals surface area contributed by atoms with Crippen LogP contribution in [-0.4, -0.2) is 49.2 Å². The predicted molar refractivity (Wildman–Crippen MR) is 129 cm³/mol. The van der Waals surface area contributed by atoms with E-state index in [9.17, 15) is 4.79 Å². The number of thiophene rings is 1. The Morgan fingerprint density at radius 1 is 1.25 bits per heavy atom. The molecule has 3 heterocycles. The molecule has 2 aromatic carbocycles. The van der Waals surface area contributed by atoms with Crippen LogP contribution in [0.15, 0.2) is 48.7 Å². The molecular weight excluding hydrogens is 422 g/mol. The molecule has 2 aromatic heterocycles. The Bertz CT molecular complexity index is 1290. The third kappa shape index (κ3) is 3.66. The van der Waals surface area contributed by atoms with Crippen molar-refractivity contribution >= 4 is 38.2 Å². The number of hydrogen-bond acceptors (Lipinski definition) is 5. The number of ether oxygens (including phenoxy) is 2. The summed E-state index contributed by atoms with van der Waals surface area (Å²) in [6.07, 6.45) is 2.06. The summed E-state index contributed by atoms with van der Waals surface area (Å²) >= 11 is 1.54. The summed E-state index contributed by atoms with van der Waals surface area (Å²) in [6, 6.07) is 14.4. The Balaban J connectivity index is 1.45. The molecule has 4 aromatic rings. The highest BCUT2D eigenvalue weighted by Gasteiger charge is 2.29. The zero-order valence-corrected chi connectivity index (χ0v) is 19.4. The van der Waals surface area contributed by atoms with Gasteiger partial charge >= 0.3 is 0 Å². The van der Waals surface area contributed by atoms with Crippen LogP contribution in [0.25, 0.3) is 21.0 Å². The maximum atomic E-state index is 12.6. The van der Waals surface area contributed by atoms with E-state index in [0.29, 0.717) is 6.61 Å². The van der Waals surface area contributed by atoms with Crippen molar-refractivity contribution < 1.29 is 14.3 Å². The fourth-order valence-electron chi connectivity index (χ4n) is 4.63. The first-order valence-corrected chi connectivity index (χ1v) is 11.6. The summed E-state index contributed by atoms with van der Waals surface area (Å²) in [5.74, 6) is 0.813. The molecule has 0 aliphatic carbocycles. The minimum Gasteiger partial charge on any atom is -0.497 e. The van der Waals surface area contributed by atoms with Crippen LogP contribution in [0.1, 0.15) is 26.9 Å². The van der Waals surface area contributed by atoms with Crippen molar-refractivity contribution in [3.8, 4) is 5.75 Å². The largest absolute Gasteiger partial charge is 0.497 e. The zero-order chi connectivity index (χ0) is 22.2. The standard InChI is InChI=1S/C25H27N3O3S/c1-26-25(29)24-23(19-6-4-5-7-22(19)32-24)21-15-28(10-11-31-21)14-16-13-27(2)20-12-17(30-3)8-9-18(16)20/h4-9,12-13,21H,10-11,14-15H2,1-3H3,(H,26,29)/t21-/m1/s1. The molecule has 32 heavy (non-hydrogen) atoms. The van der Waals surface area contributed by atoms with Gasteiger partial charge in [0.2, 0.25) is 0 Å². The first-order chi connectivity index (χ1) is 15.6. The molecule has 5 rings (SSSR count). The number of benzene rings is 2. The first kappa shape index (κ1) is 21.0. The number of nitrogens with zero attached hydrogens (tertiary/aromatic N) is 2. The normalized spacial score (nSPS) is 17.2. The van der Waals surface area contributed by atoms with Crippen molar-refractivity contribution in [2.45, 2.75) is 12.6 Å². The Labute approximate surface area is 191 Å². The van der Waals surface area contributed by atoms with E-state index in [0.717, 1.165) is 51.4 Å². The number of hydrogen-bond donors (Lipinski definition) is 1. The number of fused-ring (bicyclic) bond motifs is 2. The topological polar surface area (TPSA) is 55.7 Å². The molecule has 0 bridgehead atoms. The average molecular weight is 450 g/mol. The van der Waals surface area contributed by atoms with Gasteiger partial charge in [-0.1, -0.05) is 18.2 Å². The molecule has 0 spiro atoms. The highest BCUT2D eigenvalue weighted by atomic mass is 32.1. The molecule has 0 radical (unpaired) electrons. The average Bonchev–Trinajstić information content (AvgIpc) is 3.36. The number of carbonyl (C=O) groups is 1. The van der Waals surface area contributed by atoms with Gasteiger partial charge in [-0.25, -0.2) is 0 Å². The molecule has 0 unspecified atom stereocenters. The summed E-state index contributed by atoms with van der Waals surface area (Å²) in [6.45, 7) is 3.08.